The highest BCUT2D eigenvalue weighted by molar-refractivity contribution is 5.46. The normalized spacial score (nSPS) is 10.7. The van der Waals surface area contributed by atoms with Crippen molar-refractivity contribution in [3.63, 3.8) is 0 Å². The van der Waals surface area contributed by atoms with Crippen LogP contribution in [0.5, 0.6) is 0 Å². The van der Waals surface area contributed by atoms with E-state index in [2.05, 4.69) is 38.7 Å². The lowest BCUT2D eigenvalue weighted by atomic mass is 10.2. The SMILES string of the molecule is Cn1cc(CNc2cccc(Cn3cncn3)c2)cn1. The van der Waals surface area contributed by atoms with E-state index in [0.29, 0.717) is 0 Å². The van der Waals surface area contributed by atoms with Gasteiger partial charge < -0.3 is 5.32 Å². The van der Waals surface area contributed by atoms with Crippen molar-refractivity contribution in [1.82, 2.24) is 24.5 Å². The lowest BCUT2D eigenvalue weighted by Gasteiger charge is -2.07. The van der Waals surface area contributed by atoms with E-state index in [4.69, 9.17) is 0 Å². The molecular formula is C14H16N6. The topological polar surface area (TPSA) is 60.6 Å². The first-order chi connectivity index (χ1) is 9.79. The summed E-state index contributed by atoms with van der Waals surface area (Å²) in [5.74, 6) is 0. The van der Waals surface area contributed by atoms with Gasteiger partial charge in [-0.25, -0.2) is 9.67 Å². The number of aryl methyl sites for hydroxylation is 1. The number of anilines is 1. The molecule has 0 aliphatic heterocycles. The van der Waals surface area contributed by atoms with Crippen molar-refractivity contribution in [3.8, 4) is 0 Å². The monoisotopic (exact) mass is 268 g/mol. The average Bonchev–Trinajstić information content (AvgIpc) is 3.09. The summed E-state index contributed by atoms with van der Waals surface area (Å²) in [4.78, 5) is 3.95. The summed E-state index contributed by atoms with van der Waals surface area (Å²) in [7, 11) is 1.92. The van der Waals surface area contributed by atoms with E-state index in [-0.39, 0.29) is 0 Å². The predicted octanol–water partition coefficient (Wildman–Crippen LogP) is 1.67. The highest BCUT2D eigenvalue weighted by Crippen LogP contribution is 2.12. The van der Waals surface area contributed by atoms with Gasteiger partial charge in [-0.15, -0.1) is 0 Å². The van der Waals surface area contributed by atoms with Gasteiger partial charge in [0.15, 0.2) is 0 Å². The molecule has 0 saturated carbocycles. The van der Waals surface area contributed by atoms with Crippen molar-refractivity contribution in [2.45, 2.75) is 13.1 Å². The summed E-state index contributed by atoms with van der Waals surface area (Å²) < 4.78 is 3.61. The standard InChI is InChI=1S/C14H16N6/c1-19-8-13(7-17-19)6-16-14-4-2-3-12(5-14)9-20-11-15-10-18-20/h2-5,7-8,10-11,16H,6,9H2,1H3. The molecule has 2 heterocycles. The largest absolute Gasteiger partial charge is 0.381 e. The van der Waals surface area contributed by atoms with Gasteiger partial charge in [0.25, 0.3) is 0 Å². The number of hydrogen-bond acceptors (Lipinski definition) is 4. The number of rotatable bonds is 5. The Balaban J connectivity index is 1.65. The van der Waals surface area contributed by atoms with Crippen LogP contribution in [0.2, 0.25) is 0 Å². The van der Waals surface area contributed by atoms with E-state index in [0.717, 1.165) is 24.3 Å². The van der Waals surface area contributed by atoms with Gasteiger partial charge in [0, 0.05) is 31.0 Å². The van der Waals surface area contributed by atoms with Gasteiger partial charge in [0.2, 0.25) is 0 Å². The molecule has 0 saturated heterocycles. The molecule has 2 aromatic heterocycles. The van der Waals surface area contributed by atoms with E-state index in [9.17, 15) is 0 Å². The molecule has 0 atom stereocenters. The maximum absolute atomic E-state index is 4.15. The molecule has 0 aliphatic carbocycles. The number of hydrogen-bond donors (Lipinski definition) is 1. The maximum atomic E-state index is 4.15. The Labute approximate surface area is 117 Å². The zero-order valence-corrected chi connectivity index (χ0v) is 11.3. The Morgan fingerprint density at radius 1 is 1.20 bits per heavy atom. The first-order valence-electron chi connectivity index (χ1n) is 6.42. The molecular weight excluding hydrogens is 252 g/mol. The zero-order chi connectivity index (χ0) is 13.8. The highest BCUT2D eigenvalue weighted by atomic mass is 15.3. The molecule has 3 rings (SSSR count). The minimum absolute atomic E-state index is 0.725. The molecule has 6 nitrogen and oxygen atoms in total. The van der Waals surface area contributed by atoms with Crippen LogP contribution >= 0.6 is 0 Å². The first-order valence-corrected chi connectivity index (χ1v) is 6.42. The quantitative estimate of drug-likeness (QED) is 0.764. The molecule has 0 aliphatic rings. The highest BCUT2D eigenvalue weighted by Gasteiger charge is 1.99. The predicted molar refractivity (Wildman–Crippen MR) is 76.1 cm³/mol. The number of nitrogens with one attached hydrogen (secondary N) is 1. The zero-order valence-electron chi connectivity index (χ0n) is 11.3. The van der Waals surface area contributed by atoms with Crippen LogP contribution < -0.4 is 5.32 Å². The molecule has 3 aromatic rings. The van der Waals surface area contributed by atoms with Crippen LogP contribution in [-0.2, 0) is 20.1 Å². The van der Waals surface area contributed by atoms with E-state index >= 15 is 0 Å². The summed E-state index contributed by atoms with van der Waals surface area (Å²) in [5.41, 5.74) is 3.44. The second kappa shape index (κ2) is 5.56. The Morgan fingerprint density at radius 2 is 2.15 bits per heavy atom. The summed E-state index contributed by atoms with van der Waals surface area (Å²) in [5, 5.41) is 11.7. The van der Waals surface area contributed by atoms with Gasteiger partial charge in [0.05, 0.1) is 12.7 Å². The number of benzene rings is 1. The molecule has 1 aromatic carbocycles. The van der Waals surface area contributed by atoms with E-state index < -0.39 is 0 Å². The number of nitrogens with zero attached hydrogens (tertiary/aromatic N) is 5. The lowest BCUT2D eigenvalue weighted by molar-refractivity contribution is 0.685. The van der Waals surface area contributed by atoms with E-state index in [1.165, 1.54) is 5.56 Å². The van der Waals surface area contributed by atoms with Crippen LogP contribution in [0.1, 0.15) is 11.1 Å². The molecule has 0 unspecified atom stereocenters. The summed E-state index contributed by atoms with van der Waals surface area (Å²) >= 11 is 0. The fourth-order valence-corrected chi connectivity index (χ4v) is 2.05. The molecule has 1 N–H and O–H groups in total. The smallest absolute Gasteiger partial charge is 0.137 e. The summed E-state index contributed by atoms with van der Waals surface area (Å²) in [6, 6.07) is 8.30. The van der Waals surface area contributed by atoms with Crippen LogP contribution in [0.25, 0.3) is 0 Å². The van der Waals surface area contributed by atoms with Crippen molar-refractivity contribution in [2.75, 3.05) is 5.32 Å². The molecule has 6 heteroatoms. The van der Waals surface area contributed by atoms with Gasteiger partial charge in [-0.05, 0) is 17.7 Å². The fraction of sp³-hybridized carbons (Fsp3) is 0.214. The maximum Gasteiger partial charge on any atom is 0.137 e. The van der Waals surface area contributed by atoms with Gasteiger partial charge in [-0.3, -0.25) is 4.68 Å². The van der Waals surface area contributed by atoms with Gasteiger partial charge in [-0.1, -0.05) is 12.1 Å². The molecule has 20 heavy (non-hydrogen) atoms. The van der Waals surface area contributed by atoms with Crippen molar-refractivity contribution in [3.05, 3.63) is 60.4 Å². The average molecular weight is 268 g/mol. The summed E-state index contributed by atoms with van der Waals surface area (Å²) in [6.45, 7) is 1.49. The summed E-state index contributed by atoms with van der Waals surface area (Å²) in [6.07, 6.45) is 7.14. The van der Waals surface area contributed by atoms with E-state index in [1.54, 1.807) is 22.0 Å². The van der Waals surface area contributed by atoms with Crippen LogP contribution in [0.4, 0.5) is 5.69 Å². The minimum Gasteiger partial charge on any atom is -0.381 e. The first kappa shape index (κ1) is 12.4. The van der Waals surface area contributed by atoms with Gasteiger partial charge in [0.1, 0.15) is 12.7 Å². The second-order valence-electron chi connectivity index (χ2n) is 4.67. The van der Waals surface area contributed by atoms with Gasteiger partial charge in [-0.2, -0.15) is 10.2 Å². The van der Waals surface area contributed by atoms with Crippen molar-refractivity contribution in [2.24, 2.45) is 7.05 Å². The molecule has 0 spiro atoms. The Kier molecular flexibility index (Phi) is 3.45. The third-order valence-electron chi connectivity index (χ3n) is 2.99. The van der Waals surface area contributed by atoms with E-state index in [1.807, 2.05) is 25.5 Å². The van der Waals surface area contributed by atoms with Crippen molar-refractivity contribution < 1.29 is 0 Å². The minimum atomic E-state index is 0.725. The van der Waals surface area contributed by atoms with Crippen LogP contribution in [-0.4, -0.2) is 24.5 Å². The molecule has 0 fully saturated rings. The fourth-order valence-electron chi connectivity index (χ4n) is 2.05. The lowest BCUT2D eigenvalue weighted by Crippen LogP contribution is -2.02. The molecule has 0 bridgehead atoms. The second-order valence-corrected chi connectivity index (χ2v) is 4.67. The van der Waals surface area contributed by atoms with Crippen molar-refractivity contribution in [1.29, 1.82) is 0 Å². The molecule has 102 valence electrons. The molecule has 0 amide bonds. The molecule has 0 radical (unpaired) electrons. The third-order valence-corrected chi connectivity index (χ3v) is 2.99. The third kappa shape index (κ3) is 3.03. The Hall–Kier alpha value is -2.63. The van der Waals surface area contributed by atoms with Crippen LogP contribution in [0.3, 0.4) is 0 Å². The Bertz CT molecular complexity index is 671. The van der Waals surface area contributed by atoms with Gasteiger partial charge >= 0.3 is 0 Å². The Morgan fingerprint density at radius 3 is 2.90 bits per heavy atom. The van der Waals surface area contributed by atoms with Crippen LogP contribution in [0, 0.1) is 0 Å². The van der Waals surface area contributed by atoms with Crippen LogP contribution in [0.15, 0.2) is 49.3 Å². The number of aromatic nitrogens is 5. The van der Waals surface area contributed by atoms with Crippen molar-refractivity contribution >= 4 is 5.69 Å².